The molecule has 1 aromatic rings. The monoisotopic (exact) mass is 462 g/mol. The molecule has 0 radical (unpaired) electrons. The molecule has 0 bridgehead atoms. The highest BCUT2D eigenvalue weighted by Gasteiger charge is 2.46. The van der Waals surface area contributed by atoms with Crippen molar-refractivity contribution in [3.63, 3.8) is 0 Å². The number of likely N-dealkylation sites (tertiary alicyclic amines) is 1. The van der Waals surface area contributed by atoms with Crippen LogP contribution in [0.3, 0.4) is 0 Å². The Kier molecular flexibility index (Phi) is 7.15. The summed E-state index contributed by atoms with van der Waals surface area (Å²) >= 11 is 0. The van der Waals surface area contributed by atoms with Crippen molar-refractivity contribution in [1.29, 1.82) is 0 Å². The highest BCUT2D eigenvalue weighted by atomic mass is 32.2. The van der Waals surface area contributed by atoms with Gasteiger partial charge in [0, 0.05) is 25.2 Å². The van der Waals surface area contributed by atoms with Gasteiger partial charge in [0.2, 0.25) is 10.0 Å². The van der Waals surface area contributed by atoms with Crippen LogP contribution in [0.25, 0.3) is 0 Å². The summed E-state index contributed by atoms with van der Waals surface area (Å²) in [6.07, 6.45) is 7.95. The Bertz CT molecular complexity index is 901. The molecule has 1 aromatic carbocycles. The third-order valence-corrected chi connectivity index (χ3v) is 9.91. The molecular weight excluding hydrogens is 424 g/mol. The Balaban J connectivity index is 1.56. The first-order valence-corrected chi connectivity index (χ1v) is 13.7. The van der Waals surface area contributed by atoms with Gasteiger partial charge < -0.3 is 9.64 Å². The number of aryl methyl sites for hydroxylation is 1. The lowest BCUT2D eigenvalue weighted by Gasteiger charge is -2.50. The van der Waals surface area contributed by atoms with Crippen molar-refractivity contribution in [3.05, 3.63) is 29.8 Å². The van der Waals surface area contributed by atoms with Crippen LogP contribution in [0.1, 0.15) is 63.9 Å². The molecule has 3 fully saturated rings. The predicted molar refractivity (Wildman–Crippen MR) is 125 cm³/mol. The molecule has 32 heavy (non-hydrogen) atoms. The van der Waals surface area contributed by atoms with E-state index in [2.05, 4.69) is 6.92 Å². The zero-order valence-corrected chi connectivity index (χ0v) is 20.5. The van der Waals surface area contributed by atoms with E-state index >= 15 is 0 Å². The average molecular weight is 463 g/mol. The molecule has 0 aromatic heterocycles. The summed E-state index contributed by atoms with van der Waals surface area (Å²) in [5.74, 6) is 1.28. The van der Waals surface area contributed by atoms with Crippen LogP contribution in [0.5, 0.6) is 0 Å². The van der Waals surface area contributed by atoms with E-state index < -0.39 is 10.0 Å². The van der Waals surface area contributed by atoms with E-state index in [4.69, 9.17) is 4.74 Å². The molecule has 2 heterocycles. The normalized spacial score (nSPS) is 31.7. The minimum Gasteiger partial charge on any atom is -0.453 e. The summed E-state index contributed by atoms with van der Waals surface area (Å²) < 4.78 is 34.1. The number of rotatable bonds is 4. The maximum Gasteiger partial charge on any atom is 0.409 e. The number of methoxy groups -OCH3 is 1. The van der Waals surface area contributed by atoms with Gasteiger partial charge in [-0.2, -0.15) is 4.31 Å². The van der Waals surface area contributed by atoms with Crippen LogP contribution < -0.4 is 0 Å². The smallest absolute Gasteiger partial charge is 0.409 e. The molecule has 4 rings (SSSR count). The van der Waals surface area contributed by atoms with Crippen molar-refractivity contribution in [2.75, 3.05) is 20.2 Å². The predicted octanol–water partition coefficient (Wildman–Crippen LogP) is 4.82. The molecule has 0 spiro atoms. The minimum atomic E-state index is -3.51. The molecule has 2 aliphatic heterocycles. The van der Waals surface area contributed by atoms with Crippen LogP contribution in [-0.4, -0.2) is 56.0 Å². The van der Waals surface area contributed by atoms with Crippen molar-refractivity contribution in [1.82, 2.24) is 9.21 Å². The standard InChI is InChI=1S/C25H38N2O4S/c1-18-9-11-22(12-10-18)32(29,30)27-14-6-8-23-20(15-19(2)16-24(23)27)17-21-7-4-5-13-26(21)25(28)31-3/h9-12,19-21,23-24H,4-8,13-17H2,1-3H3/t19-,20+,21-,23+,24-/m1/s1. The number of carbonyl (C=O) groups excluding carboxylic acids is 1. The van der Waals surface area contributed by atoms with E-state index in [1.54, 1.807) is 12.1 Å². The van der Waals surface area contributed by atoms with Crippen molar-refractivity contribution in [3.8, 4) is 0 Å². The Morgan fingerprint density at radius 2 is 1.81 bits per heavy atom. The highest BCUT2D eigenvalue weighted by molar-refractivity contribution is 7.89. The van der Waals surface area contributed by atoms with E-state index in [1.807, 2.05) is 28.3 Å². The summed E-state index contributed by atoms with van der Waals surface area (Å²) in [7, 11) is -2.05. The topological polar surface area (TPSA) is 66.9 Å². The molecule has 5 atom stereocenters. The molecule has 6 nitrogen and oxygen atoms in total. The van der Waals surface area contributed by atoms with Crippen LogP contribution in [0.2, 0.25) is 0 Å². The van der Waals surface area contributed by atoms with Crippen LogP contribution >= 0.6 is 0 Å². The highest BCUT2D eigenvalue weighted by Crippen LogP contribution is 2.46. The van der Waals surface area contributed by atoms with E-state index in [0.717, 1.165) is 63.5 Å². The Hall–Kier alpha value is -1.60. The Morgan fingerprint density at radius 1 is 1.06 bits per heavy atom. The van der Waals surface area contributed by atoms with E-state index in [9.17, 15) is 13.2 Å². The minimum absolute atomic E-state index is 0.0546. The zero-order chi connectivity index (χ0) is 22.9. The second-order valence-electron chi connectivity index (χ2n) is 10.2. The van der Waals surface area contributed by atoms with Gasteiger partial charge in [-0.05, 0) is 88.2 Å². The van der Waals surface area contributed by atoms with Gasteiger partial charge in [0.1, 0.15) is 0 Å². The summed E-state index contributed by atoms with van der Waals surface area (Å²) in [5.41, 5.74) is 1.06. The van der Waals surface area contributed by atoms with Crippen LogP contribution in [0, 0.1) is 24.7 Å². The number of fused-ring (bicyclic) bond motifs is 1. The van der Waals surface area contributed by atoms with E-state index in [-0.39, 0.29) is 18.2 Å². The van der Waals surface area contributed by atoms with Gasteiger partial charge in [0.15, 0.2) is 0 Å². The fraction of sp³-hybridized carbons (Fsp3) is 0.720. The summed E-state index contributed by atoms with van der Waals surface area (Å²) in [5, 5.41) is 0. The lowest BCUT2D eigenvalue weighted by atomic mass is 9.66. The SMILES string of the molecule is COC(=O)N1CCCC[C@@H]1C[C@@H]1C[C@@H](C)C[C@@H]2[C@H]1CCCN2S(=O)(=O)c1ccc(C)cc1. The number of sulfonamides is 1. The Morgan fingerprint density at radius 3 is 2.53 bits per heavy atom. The van der Waals surface area contributed by atoms with E-state index in [1.165, 1.54) is 7.11 Å². The van der Waals surface area contributed by atoms with Crippen LogP contribution in [-0.2, 0) is 14.8 Å². The number of carbonyl (C=O) groups is 1. The summed E-state index contributed by atoms with van der Waals surface area (Å²) in [6.45, 7) is 5.60. The number of amides is 1. The van der Waals surface area contributed by atoms with Gasteiger partial charge in [0.05, 0.1) is 12.0 Å². The van der Waals surface area contributed by atoms with Gasteiger partial charge >= 0.3 is 6.09 Å². The summed E-state index contributed by atoms with van der Waals surface area (Å²) in [4.78, 5) is 14.7. The third kappa shape index (κ3) is 4.69. The fourth-order valence-electron chi connectivity index (χ4n) is 6.46. The Labute approximate surface area is 193 Å². The van der Waals surface area contributed by atoms with E-state index in [0.29, 0.717) is 29.2 Å². The van der Waals surface area contributed by atoms with Gasteiger partial charge in [0.25, 0.3) is 0 Å². The zero-order valence-electron chi connectivity index (χ0n) is 19.7. The molecular formula is C25H38N2O4S. The number of nitrogens with zero attached hydrogens (tertiary/aromatic N) is 2. The molecule has 1 aliphatic carbocycles. The number of piperidine rings is 2. The molecule has 1 saturated carbocycles. The van der Waals surface area contributed by atoms with Crippen molar-refractivity contribution < 1.29 is 17.9 Å². The van der Waals surface area contributed by atoms with Gasteiger partial charge in [-0.3, -0.25) is 0 Å². The first-order chi connectivity index (χ1) is 15.3. The molecule has 178 valence electrons. The lowest BCUT2D eigenvalue weighted by Crippen LogP contribution is -2.54. The third-order valence-electron chi connectivity index (χ3n) is 7.97. The van der Waals surface area contributed by atoms with Gasteiger partial charge in [-0.1, -0.05) is 24.6 Å². The largest absolute Gasteiger partial charge is 0.453 e. The molecule has 0 N–H and O–H groups in total. The first kappa shape index (κ1) is 23.6. The maximum atomic E-state index is 13.6. The molecule has 3 aliphatic rings. The molecule has 7 heteroatoms. The molecule has 1 amide bonds. The first-order valence-electron chi connectivity index (χ1n) is 12.2. The lowest BCUT2D eigenvalue weighted by molar-refractivity contribution is 0.0249. The van der Waals surface area contributed by atoms with Crippen molar-refractivity contribution >= 4 is 16.1 Å². The second kappa shape index (κ2) is 9.72. The number of hydrogen-bond acceptors (Lipinski definition) is 4. The molecule has 2 saturated heterocycles. The molecule has 0 unspecified atom stereocenters. The number of ether oxygens (including phenoxy) is 1. The van der Waals surface area contributed by atoms with Crippen molar-refractivity contribution in [2.24, 2.45) is 17.8 Å². The van der Waals surface area contributed by atoms with Crippen molar-refractivity contribution in [2.45, 2.75) is 82.2 Å². The number of hydrogen-bond donors (Lipinski definition) is 0. The van der Waals surface area contributed by atoms with Crippen LogP contribution in [0.4, 0.5) is 4.79 Å². The fourth-order valence-corrected chi connectivity index (χ4v) is 8.18. The number of benzene rings is 1. The maximum absolute atomic E-state index is 13.6. The summed E-state index contributed by atoms with van der Waals surface area (Å²) in [6, 6.07) is 7.51. The van der Waals surface area contributed by atoms with Crippen LogP contribution in [0.15, 0.2) is 29.2 Å². The van der Waals surface area contributed by atoms with Gasteiger partial charge in [-0.25, -0.2) is 13.2 Å². The van der Waals surface area contributed by atoms with Gasteiger partial charge in [-0.15, -0.1) is 0 Å². The second-order valence-corrected chi connectivity index (χ2v) is 12.1. The average Bonchev–Trinajstić information content (AvgIpc) is 2.78. The quantitative estimate of drug-likeness (QED) is 0.643.